The van der Waals surface area contributed by atoms with Gasteiger partial charge in [0.25, 0.3) is 5.24 Å². The molecule has 0 spiro atoms. The molecule has 2 aromatic carbocycles. The normalized spacial score (nSPS) is 16.1. The summed E-state index contributed by atoms with van der Waals surface area (Å²) in [6.07, 6.45) is 0.466. The molecule has 1 heterocycles. The van der Waals surface area contributed by atoms with Crippen molar-refractivity contribution in [2.24, 2.45) is 0 Å². The van der Waals surface area contributed by atoms with Crippen LogP contribution >= 0.6 is 11.8 Å². The van der Waals surface area contributed by atoms with Gasteiger partial charge in [-0.05, 0) is 55.3 Å². The highest BCUT2D eigenvalue weighted by molar-refractivity contribution is 8.15. The Morgan fingerprint density at radius 1 is 1.00 bits per heavy atom. The van der Waals surface area contributed by atoms with Crippen LogP contribution in [0, 0.1) is 0 Å². The summed E-state index contributed by atoms with van der Waals surface area (Å²) in [6.45, 7) is 2.41. The number of thioether (sulfide) groups is 1. The van der Waals surface area contributed by atoms with E-state index in [9.17, 15) is 14.4 Å². The minimum Gasteiger partial charge on any atom is -0.494 e. The molecule has 0 saturated carbocycles. The van der Waals surface area contributed by atoms with Crippen molar-refractivity contribution in [2.45, 2.75) is 18.6 Å². The first-order valence-corrected chi connectivity index (χ1v) is 9.42. The van der Waals surface area contributed by atoms with E-state index in [0.717, 1.165) is 23.1 Å². The average Bonchev–Trinajstić information content (AvgIpc) is 2.98. The van der Waals surface area contributed by atoms with Crippen molar-refractivity contribution in [3.8, 4) is 11.5 Å². The summed E-state index contributed by atoms with van der Waals surface area (Å²) in [6, 6.07) is 14.1. The van der Waals surface area contributed by atoms with Crippen molar-refractivity contribution in [3.63, 3.8) is 0 Å². The summed E-state index contributed by atoms with van der Waals surface area (Å²) >= 11 is 1.00. The Kier molecular flexibility index (Phi) is 6.13. The predicted molar refractivity (Wildman–Crippen MR) is 103 cm³/mol. The number of Topliss-reactive ketones (excluding diaryl/α,β-unsaturated/α-hetero) is 1. The SMILES string of the molecule is CCOc1ccc(C(=O)COc2ccc(CC3SC(=O)NC3=O)cc2)cc1. The maximum Gasteiger partial charge on any atom is 0.286 e. The molecule has 1 saturated heterocycles. The molecule has 0 aliphatic carbocycles. The van der Waals surface area contributed by atoms with E-state index in [1.54, 1.807) is 36.4 Å². The Labute approximate surface area is 161 Å². The van der Waals surface area contributed by atoms with Crippen LogP contribution in [-0.4, -0.2) is 35.4 Å². The van der Waals surface area contributed by atoms with Crippen LogP contribution in [0.5, 0.6) is 11.5 Å². The van der Waals surface area contributed by atoms with Crippen LogP contribution in [0.15, 0.2) is 48.5 Å². The Hall–Kier alpha value is -2.80. The number of rotatable bonds is 8. The molecule has 2 aromatic rings. The van der Waals surface area contributed by atoms with Gasteiger partial charge in [0.15, 0.2) is 12.4 Å². The highest BCUT2D eigenvalue weighted by Crippen LogP contribution is 2.24. The lowest BCUT2D eigenvalue weighted by atomic mass is 10.1. The quantitative estimate of drug-likeness (QED) is 0.703. The fourth-order valence-electron chi connectivity index (χ4n) is 2.60. The molecular formula is C20H19NO5S. The van der Waals surface area contributed by atoms with Crippen molar-refractivity contribution in [3.05, 3.63) is 59.7 Å². The predicted octanol–water partition coefficient (Wildman–Crippen LogP) is 3.24. The Balaban J connectivity index is 1.51. The van der Waals surface area contributed by atoms with Crippen LogP contribution < -0.4 is 14.8 Å². The molecule has 27 heavy (non-hydrogen) atoms. The van der Waals surface area contributed by atoms with Gasteiger partial charge in [0.1, 0.15) is 11.5 Å². The van der Waals surface area contributed by atoms with E-state index in [2.05, 4.69) is 5.32 Å². The first-order valence-electron chi connectivity index (χ1n) is 8.54. The van der Waals surface area contributed by atoms with Gasteiger partial charge in [0.05, 0.1) is 11.9 Å². The lowest BCUT2D eigenvalue weighted by molar-refractivity contribution is -0.118. The Morgan fingerprint density at radius 3 is 2.22 bits per heavy atom. The van der Waals surface area contributed by atoms with Crippen molar-refractivity contribution in [1.29, 1.82) is 0 Å². The summed E-state index contributed by atoms with van der Waals surface area (Å²) in [7, 11) is 0. The zero-order valence-corrected chi connectivity index (χ0v) is 15.6. The van der Waals surface area contributed by atoms with Gasteiger partial charge in [-0.1, -0.05) is 23.9 Å². The van der Waals surface area contributed by atoms with E-state index < -0.39 is 5.25 Å². The monoisotopic (exact) mass is 385 g/mol. The highest BCUT2D eigenvalue weighted by Gasteiger charge is 2.31. The number of nitrogens with one attached hydrogen (secondary N) is 1. The number of carbonyl (C=O) groups excluding carboxylic acids is 3. The van der Waals surface area contributed by atoms with E-state index in [0.29, 0.717) is 24.3 Å². The van der Waals surface area contributed by atoms with E-state index in [4.69, 9.17) is 9.47 Å². The number of imide groups is 1. The summed E-state index contributed by atoms with van der Waals surface area (Å²) in [5.41, 5.74) is 1.48. The van der Waals surface area contributed by atoms with Crippen molar-refractivity contribution < 1.29 is 23.9 Å². The van der Waals surface area contributed by atoms with Gasteiger partial charge in [-0.2, -0.15) is 0 Å². The fraction of sp³-hybridized carbons (Fsp3) is 0.250. The minimum atomic E-state index is -0.398. The van der Waals surface area contributed by atoms with Crippen LogP contribution in [0.25, 0.3) is 0 Å². The summed E-state index contributed by atoms with van der Waals surface area (Å²) < 4.78 is 10.9. The van der Waals surface area contributed by atoms with E-state index in [-0.39, 0.29) is 23.5 Å². The third kappa shape index (κ3) is 5.10. The second-order valence-electron chi connectivity index (χ2n) is 5.90. The molecule has 1 fully saturated rings. The van der Waals surface area contributed by atoms with Crippen LogP contribution in [0.2, 0.25) is 0 Å². The highest BCUT2D eigenvalue weighted by atomic mass is 32.2. The molecule has 7 heteroatoms. The third-order valence-electron chi connectivity index (χ3n) is 3.97. The van der Waals surface area contributed by atoms with Crippen molar-refractivity contribution in [1.82, 2.24) is 5.32 Å². The van der Waals surface area contributed by atoms with Crippen LogP contribution in [0.3, 0.4) is 0 Å². The molecule has 140 valence electrons. The number of ether oxygens (including phenoxy) is 2. The molecule has 2 amide bonds. The van der Waals surface area contributed by atoms with Crippen molar-refractivity contribution in [2.75, 3.05) is 13.2 Å². The summed E-state index contributed by atoms with van der Waals surface area (Å²) in [4.78, 5) is 35.0. The topological polar surface area (TPSA) is 81.7 Å². The second kappa shape index (κ2) is 8.73. The van der Waals surface area contributed by atoms with Crippen LogP contribution in [-0.2, 0) is 11.2 Å². The smallest absolute Gasteiger partial charge is 0.286 e. The zero-order chi connectivity index (χ0) is 19.2. The summed E-state index contributed by atoms with van der Waals surface area (Å²) in [5, 5.41) is 1.57. The lowest BCUT2D eigenvalue weighted by Crippen LogP contribution is -2.25. The molecule has 0 radical (unpaired) electrons. The molecule has 1 unspecified atom stereocenters. The number of hydrogen-bond donors (Lipinski definition) is 1. The molecule has 1 aliphatic heterocycles. The van der Waals surface area contributed by atoms with Crippen LogP contribution in [0.4, 0.5) is 4.79 Å². The first kappa shape index (κ1) is 19.0. The molecule has 6 nitrogen and oxygen atoms in total. The van der Waals surface area contributed by atoms with Crippen molar-refractivity contribution >= 4 is 28.7 Å². The van der Waals surface area contributed by atoms with Crippen LogP contribution in [0.1, 0.15) is 22.8 Å². The fourth-order valence-corrected chi connectivity index (χ4v) is 3.46. The zero-order valence-electron chi connectivity index (χ0n) is 14.8. The standard InChI is InChI=1S/C20H19NO5S/c1-2-25-15-9-5-14(6-10-15)17(22)12-26-16-7-3-13(4-8-16)11-18-19(23)21-20(24)27-18/h3-10,18H,2,11-12H2,1H3,(H,21,23,24). The van der Waals surface area contributed by atoms with Gasteiger partial charge in [-0.3, -0.25) is 19.7 Å². The lowest BCUT2D eigenvalue weighted by Gasteiger charge is -2.09. The van der Waals surface area contributed by atoms with Gasteiger partial charge >= 0.3 is 0 Å². The van der Waals surface area contributed by atoms with Gasteiger partial charge in [-0.15, -0.1) is 0 Å². The first-order chi connectivity index (χ1) is 13.0. The van der Waals surface area contributed by atoms with Gasteiger partial charge < -0.3 is 9.47 Å². The molecule has 3 rings (SSSR count). The molecule has 1 aliphatic rings. The molecular weight excluding hydrogens is 366 g/mol. The number of hydrogen-bond acceptors (Lipinski definition) is 6. The largest absolute Gasteiger partial charge is 0.494 e. The number of ketones is 1. The van der Waals surface area contributed by atoms with Gasteiger partial charge in [0.2, 0.25) is 5.91 Å². The Morgan fingerprint density at radius 2 is 1.63 bits per heavy atom. The maximum absolute atomic E-state index is 12.2. The van der Waals surface area contributed by atoms with E-state index in [1.165, 1.54) is 0 Å². The molecule has 1 atom stereocenters. The number of amides is 2. The van der Waals surface area contributed by atoms with E-state index >= 15 is 0 Å². The minimum absolute atomic E-state index is 0.0668. The third-order valence-corrected chi connectivity index (χ3v) is 4.95. The number of carbonyl (C=O) groups is 3. The summed E-state index contributed by atoms with van der Waals surface area (Å²) in [5.74, 6) is 0.907. The maximum atomic E-state index is 12.2. The van der Waals surface area contributed by atoms with Gasteiger partial charge in [-0.25, -0.2) is 0 Å². The second-order valence-corrected chi connectivity index (χ2v) is 7.08. The molecule has 0 aromatic heterocycles. The number of benzene rings is 2. The van der Waals surface area contributed by atoms with E-state index in [1.807, 2.05) is 19.1 Å². The average molecular weight is 385 g/mol. The molecule has 1 N–H and O–H groups in total. The van der Waals surface area contributed by atoms with Gasteiger partial charge in [0, 0.05) is 5.56 Å². The Bertz CT molecular complexity index is 832. The molecule has 0 bridgehead atoms.